The predicted molar refractivity (Wildman–Crippen MR) is 68.3 cm³/mol. The second-order valence-corrected chi connectivity index (χ2v) is 4.67. The van der Waals surface area contributed by atoms with E-state index in [1.54, 1.807) is 0 Å². The maximum atomic E-state index is 4.33. The molecule has 0 aromatic carbocycles. The van der Waals surface area contributed by atoms with E-state index in [4.69, 9.17) is 0 Å². The lowest BCUT2D eigenvalue weighted by atomic mass is 10.0. The van der Waals surface area contributed by atoms with Gasteiger partial charge in [-0.1, -0.05) is 27.2 Å². The molecule has 0 aliphatic rings. The molecular formula is C13H25N3. The Bertz CT molecular complexity index is 293. The van der Waals surface area contributed by atoms with Crippen LogP contribution in [0.1, 0.15) is 46.1 Å². The van der Waals surface area contributed by atoms with E-state index >= 15 is 0 Å². The van der Waals surface area contributed by atoms with Crippen molar-refractivity contribution in [1.29, 1.82) is 0 Å². The molecule has 1 N–H and O–H groups in total. The molecule has 1 aromatic rings. The zero-order valence-corrected chi connectivity index (χ0v) is 11.0. The summed E-state index contributed by atoms with van der Waals surface area (Å²) < 4.78 is 2.02. The molecule has 1 aromatic heterocycles. The average Bonchev–Trinajstić information content (AvgIpc) is 2.73. The van der Waals surface area contributed by atoms with Gasteiger partial charge in [-0.25, -0.2) is 0 Å². The summed E-state index contributed by atoms with van der Waals surface area (Å²) in [4.78, 5) is 0. The van der Waals surface area contributed by atoms with Crippen molar-refractivity contribution in [2.75, 3.05) is 0 Å². The van der Waals surface area contributed by atoms with Gasteiger partial charge >= 0.3 is 0 Å². The lowest BCUT2D eigenvalue weighted by molar-refractivity contribution is 0.389. The van der Waals surface area contributed by atoms with Gasteiger partial charge in [0.15, 0.2) is 0 Å². The molecule has 0 saturated carbocycles. The first-order chi connectivity index (χ1) is 7.67. The molecule has 92 valence electrons. The fourth-order valence-corrected chi connectivity index (χ4v) is 1.68. The minimum absolute atomic E-state index is 0.569. The first kappa shape index (κ1) is 13.2. The molecule has 16 heavy (non-hydrogen) atoms. The number of aryl methyl sites for hydroxylation is 1. The molecule has 1 rings (SSSR count). The van der Waals surface area contributed by atoms with Crippen molar-refractivity contribution in [3.05, 3.63) is 18.0 Å². The third kappa shape index (κ3) is 3.97. The van der Waals surface area contributed by atoms with E-state index in [0.29, 0.717) is 6.04 Å². The minimum Gasteiger partial charge on any atom is -0.310 e. The van der Waals surface area contributed by atoms with Crippen LogP contribution in [0.2, 0.25) is 0 Å². The van der Waals surface area contributed by atoms with Crippen LogP contribution in [0.25, 0.3) is 0 Å². The third-order valence-electron chi connectivity index (χ3n) is 3.27. The summed E-state index contributed by atoms with van der Waals surface area (Å²) in [5, 5.41) is 7.88. The van der Waals surface area contributed by atoms with Gasteiger partial charge < -0.3 is 5.32 Å². The first-order valence-electron chi connectivity index (χ1n) is 6.42. The molecule has 3 heteroatoms. The van der Waals surface area contributed by atoms with Crippen molar-refractivity contribution >= 4 is 0 Å². The van der Waals surface area contributed by atoms with Crippen LogP contribution in [-0.2, 0) is 13.1 Å². The van der Waals surface area contributed by atoms with Crippen molar-refractivity contribution in [3.63, 3.8) is 0 Å². The zero-order chi connectivity index (χ0) is 12.0. The molecule has 0 amide bonds. The molecule has 0 saturated heterocycles. The second kappa shape index (κ2) is 6.69. The van der Waals surface area contributed by atoms with Crippen LogP contribution in [-0.4, -0.2) is 15.8 Å². The Labute approximate surface area is 99.2 Å². The molecule has 1 heterocycles. The molecule has 2 atom stereocenters. The lowest BCUT2D eigenvalue weighted by Gasteiger charge is -2.19. The van der Waals surface area contributed by atoms with E-state index in [-0.39, 0.29) is 0 Å². The van der Waals surface area contributed by atoms with E-state index in [1.807, 2.05) is 10.9 Å². The number of nitrogens with one attached hydrogen (secondary N) is 1. The highest BCUT2D eigenvalue weighted by molar-refractivity contribution is 5.03. The van der Waals surface area contributed by atoms with E-state index < -0.39 is 0 Å². The number of hydrogen-bond acceptors (Lipinski definition) is 2. The van der Waals surface area contributed by atoms with Gasteiger partial charge in [-0.3, -0.25) is 4.68 Å². The standard InChI is InChI=1S/C13H25N3/c1-5-7-16-10-13(9-15-16)8-14-12(4)11(3)6-2/h9-12,14H,5-8H2,1-4H3. The molecule has 0 radical (unpaired) electrons. The summed E-state index contributed by atoms with van der Waals surface area (Å²) in [6.07, 6.45) is 6.47. The van der Waals surface area contributed by atoms with Gasteiger partial charge in [0.25, 0.3) is 0 Å². The normalized spacial score (nSPS) is 15.0. The Hall–Kier alpha value is -0.830. The van der Waals surface area contributed by atoms with E-state index in [9.17, 15) is 0 Å². The topological polar surface area (TPSA) is 29.9 Å². The summed E-state index contributed by atoms with van der Waals surface area (Å²) in [6.45, 7) is 10.9. The maximum Gasteiger partial charge on any atom is 0.0534 e. The highest BCUT2D eigenvalue weighted by Gasteiger charge is 2.09. The Balaban J connectivity index is 2.36. The van der Waals surface area contributed by atoms with Gasteiger partial charge in [0.05, 0.1) is 6.20 Å². The van der Waals surface area contributed by atoms with E-state index in [0.717, 1.165) is 25.4 Å². The second-order valence-electron chi connectivity index (χ2n) is 4.67. The van der Waals surface area contributed by atoms with Crippen LogP contribution < -0.4 is 5.32 Å². The Morgan fingerprint density at radius 2 is 2.12 bits per heavy atom. The molecule has 0 bridgehead atoms. The van der Waals surface area contributed by atoms with Crippen molar-refractivity contribution in [3.8, 4) is 0 Å². The molecule has 0 fully saturated rings. The smallest absolute Gasteiger partial charge is 0.0534 e. The molecule has 2 unspecified atom stereocenters. The number of rotatable bonds is 7. The summed E-state index contributed by atoms with van der Waals surface area (Å²) in [6, 6.07) is 0.569. The molecule has 0 aliphatic carbocycles. The monoisotopic (exact) mass is 223 g/mol. The van der Waals surface area contributed by atoms with Crippen LogP contribution in [0.3, 0.4) is 0 Å². The Morgan fingerprint density at radius 3 is 2.75 bits per heavy atom. The lowest BCUT2D eigenvalue weighted by Crippen LogP contribution is -2.31. The quantitative estimate of drug-likeness (QED) is 0.770. The van der Waals surface area contributed by atoms with Crippen molar-refractivity contribution < 1.29 is 0 Å². The summed E-state index contributed by atoms with van der Waals surface area (Å²) in [7, 11) is 0. The van der Waals surface area contributed by atoms with Crippen LogP contribution in [0.15, 0.2) is 12.4 Å². The predicted octanol–water partition coefficient (Wildman–Crippen LogP) is 2.82. The van der Waals surface area contributed by atoms with Crippen LogP contribution in [0.5, 0.6) is 0 Å². The van der Waals surface area contributed by atoms with Gasteiger partial charge in [0.1, 0.15) is 0 Å². The largest absolute Gasteiger partial charge is 0.310 e. The number of hydrogen-bond donors (Lipinski definition) is 1. The SMILES string of the molecule is CCCn1cc(CNC(C)C(C)CC)cn1. The fraction of sp³-hybridized carbons (Fsp3) is 0.769. The number of nitrogens with zero attached hydrogens (tertiary/aromatic N) is 2. The van der Waals surface area contributed by atoms with Gasteiger partial charge in [-0.15, -0.1) is 0 Å². The molecule has 0 spiro atoms. The fourth-order valence-electron chi connectivity index (χ4n) is 1.68. The van der Waals surface area contributed by atoms with E-state index in [2.05, 4.69) is 44.3 Å². The van der Waals surface area contributed by atoms with Gasteiger partial charge in [-0.05, 0) is 19.3 Å². The molecule has 0 aliphatic heterocycles. The van der Waals surface area contributed by atoms with Crippen molar-refractivity contribution in [1.82, 2.24) is 15.1 Å². The summed E-state index contributed by atoms with van der Waals surface area (Å²) >= 11 is 0. The maximum absolute atomic E-state index is 4.33. The molecule has 3 nitrogen and oxygen atoms in total. The van der Waals surface area contributed by atoms with Crippen LogP contribution in [0.4, 0.5) is 0 Å². The Kier molecular flexibility index (Phi) is 5.53. The minimum atomic E-state index is 0.569. The van der Waals surface area contributed by atoms with Crippen LogP contribution >= 0.6 is 0 Å². The average molecular weight is 223 g/mol. The molecular weight excluding hydrogens is 198 g/mol. The summed E-state index contributed by atoms with van der Waals surface area (Å²) in [5.74, 6) is 0.727. The van der Waals surface area contributed by atoms with Crippen molar-refractivity contribution in [2.24, 2.45) is 5.92 Å². The Morgan fingerprint density at radius 1 is 1.38 bits per heavy atom. The first-order valence-corrected chi connectivity index (χ1v) is 6.42. The van der Waals surface area contributed by atoms with Crippen molar-refractivity contribution in [2.45, 2.75) is 59.7 Å². The third-order valence-corrected chi connectivity index (χ3v) is 3.27. The van der Waals surface area contributed by atoms with Crippen LogP contribution in [0, 0.1) is 5.92 Å². The number of aromatic nitrogens is 2. The van der Waals surface area contributed by atoms with Gasteiger partial charge in [-0.2, -0.15) is 5.10 Å². The van der Waals surface area contributed by atoms with E-state index in [1.165, 1.54) is 12.0 Å². The summed E-state index contributed by atoms with van der Waals surface area (Å²) in [5.41, 5.74) is 1.28. The highest BCUT2D eigenvalue weighted by atomic mass is 15.3. The van der Waals surface area contributed by atoms with Gasteiger partial charge in [0.2, 0.25) is 0 Å². The van der Waals surface area contributed by atoms with Gasteiger partial charge in [0, 0.05) is 30.9 Å². The highest BCUT2D eigenvalue weighted by Crippen LogP contribution is 2.07. The zero-order valence-electron chi connectivity index (χ0n) is 11.0.